The molecule has 0 saturated heterocycles. The molecule has 4 nitrogen and oxygen atoms in total. The van der Waals surface area contributed by atoms with Gasteiger partial charge in [-0.25, -0.2) is 0 Å². The van der Waals surface area contributed by atoms with Crippen LogP contribution >= 0.6 is 23.2 Å². The molecular weight excluding hydrogens is 311 g/mol. The van der Waals surface area contributed by atoms with Crippen molar-refractivity contribution in [1.82, 2.24) is 4.98 Å². The summed E-state index contributed by atoms with van der Waals surface area (Å²) < 4.78 is 5.50. The third-order valence-corrected chi connectivity index (χ3v) is 3.67. The van der Waals surface area contributed by atoms with Crippen LogP contribution in [-0.4, -0.2) is 17.0 Å². The van der Waals surface area contributed by atoms with Gasteiger partial charge in [-0.1, -0.05) is 35.3 Å². The molecule has 0 aliphatic carbocycles. The molecule has 0 spiro atoms. The standard InChI is InChI=1S/C15H12Cl2N2O2/c1-9-15(20)19(8-10-3-2-4-11(16)7-10)12-5-6-13(17)18-14(12)21-9/h2-7,9H,8H2,1H3. The highest BCUT2D eigenvalue weighted by molar-refractivity contribution is 6.30. The summed E-state index contributed by atoms with van der Waals surface area (Å²) >= 11 is 11.9. The van der Waals surface area contributed by atoms with Gasteiger partial charge in [0, 0.05) is 5.02 Å². The molecule has 3 rings (SSSR count). The van der Waals surface area contributed by atoms with Crippen LogP contribution in [0.1, 0.15) is 12.5 Å². The monoisotopic (exact) mass is 322 g/mol. The zero-order valence-electron chi connectivity index (χ0n) is 11.2. The zero-order chi connectivity index (χ0) is 15.0. The van der Waals surface area contributed by atoms with Crippen molar-refractivity contribution in [2.24, 2.45) is 0 Å². The van der Waals surface area contributed by atoms with Gasteiger partial charge in [-0.3, -0.25) is 9.69 Å². The average Bonchev–Trinajstić information content (AvgIpc) is 2.44. The van der Waals surface area contributed by atoms with Crippen LogP contribution in [0.4, 0.5) is 5.69 Å². The minimum Gasteiger partial charge on any atom is -0.463 e. The van der Waals surface area contributed by atoms with E-state index in [0.29, 0.717) is 28.3 Å². The molecule has 1 atom stereocenters. The molecule has 2 aromatic rings. The first-order valence-corrected chi connectivity index (χ1v) is 7.19. The molecule has 0 radical (unpaired) electrons. The minimum atomic E-state index is -0.595. The van der Waals surface area contributed by atoms with Gasteiger partial charge in [-0.15, -0.1) is 0 Å². The van der Waals surface area contributed by atoms with Crippen LogP contribution in [-0.2, 0) is 11.3 Å². The summed E-state index contributed by atoms with van der Waals surface area (Å²) in [5.74, 6) is 0.253. The summed E-state index contributed by atoms with van der Waals surface area (Å²) in [6.07, 6.45) is -0.595. The van der Waals surface area contributed by atoms with Gasteiger partial charge >= 0.3 is 0 Å². The number of halogens is 2. The molecule has 1 amide bonds. The Morgan fingerprint density at radius 1 is 1.29 bits per heavy atom. The van der Waals surface area contributed by atoms with Crippen LogP contribution in [0, 0.1) is 0 Å². The second kappa shape index (κ2) is 5.54. The molecule has 1 aliphatic rings. The quantitative estimate of drug-likeness (QED) is 0.792. The van der Waals surface area contributed by atoms with Crippen LogP contribution in [0.3, 0.4) is 0 Å². The molecule has 2 heterocycles. The fourth-order valence-electron chi connectivity index (χ4n) is 2.24. The highest BCUT2D eigenvalue weighted by Gasteiger charge is 2.32. The average molecular weight is 323 g/mol. The smallest absolute Gasteiger partial charge is 0.268 e. The number of rotatable bonds is 2. The molecule has 0 N–H and O–H groups in total. The number of anilines is 1. The van der Waals surface area contributed by atoms with Crippen molar-refractivity contribution < 1.29 is 9.53 Å². The normalized spacial score (nSPS) is 17.4. The summed E-state index contributed by atoms with van der Waals surface area (Å²) in [4.78, 5) is 18.1. The van der Waals surface area contributed by atoms with Crippen LogP contribution in [0.2, 0.25) is 10.2 Å². The number of aromatic nitrogens is 1. The van der Waals surface area contributed by atoms with E-state index < -0.39 is 6.10 Å². The van der Waals surface area contributed by atoms with Gasteiger partial charge in [-0.05, 0) is 36.8 Å². The molecule has 108 valence electrons. The van der Waals surface area contributed by atoms with E-state index in [4.69, 9.17) is 27.9 Å². The van der Waals surface area contributed by atoms with Crippen LogP contribution in [0.15, 0.2) is 36.4 Å². The number of carbonyl (C=O) groups is 1. The third-order valence-electron chi connectivity index (χ3n) is 3.23. The predicted octanol–water partition coefficient (Wildman–Crippen LogP) is 3.70. The predicted molar refractivity (Wildman–Crippen MR) is 82.0 cm³/mol. The minimum absolute atomic E-state index is 0.119. The first-order chi connectivity index (χ1) is 10.0. The Hall–Kier alpha value is -1.78. The Morgan fingerprint density at radius 2 is 2.10 bits per heavy atom. The molecule has 1 aliphatic heterocycles. The van der Waals surface area contributed by atoms with Crippen LogP contribution < -0.4 is 9.64 Å². The second-order valence-electron chi connectivity index (χ2n) is 4.77. The summed E-state index contributed by atoms with van der Waals surface area (Å²) in [6, 6.07) is 10.8. The van der Waals surface area contributed by atoms with Gasteiger partial charge in [0.25, 0.3) is 5.91 Å². The van der Waals surface area contributed by atoms with Gasteiger partial charge in [0.15, 0.2) is 6.10 Å². The first-order valence-electron chi connectivity index (χ1n) is 6.43. The van der Waals surface area contributed by atoms with E-state index >= 15 is 0 Å². The first kappa shape index (κ1) is 14.2. The molecule has 6 heteroatoms. The van der Waals surface area contributed by atoms with Gasteiger partial charge in [0.05, 0.1) is 6.54 Å². The van der Waals surface area contributed by atoms with Crippen molar-refractivity contribution in [2.45, 2.75) is 19.6 Å². The number of nitrogens with zero attached hydrogens (tertiary/aromatic N) is 2. The van der Waals surface area contributed by atoms with Crippen molar-refractivity contribution in [3.63, 3.8) is 0 Å². The van der Waals surface area contributed by atoms with E-state index in [1.54, 1.807) is 30.0 Å². The Bertz CT molecular complexity index is 706. The van der Waals surface area contributed by atoms with Crippen molar-refractivity contribution in [3.8, 4) is 5.88 Å². The van der Waals surface area contributed by atoms with E-state index in [2.05, 4.69) is 4.98 Å². The van der Waals surface area contributed by atoms with Crippen molar-refractivity contribution in [1.29, 1.82) is 0 Å². The lowest BCUT2D eigenvalue weighted by Crippen LogP contribution is -2.44. The van der Waals surface area contributed by atoms with E-state index in [0.717, 1.165) is 5.56 Å². The highest BCUT2D eigenvalue weighted by atomic mass is 35.5. The largest absolute Gasteiger partial charge is 0.463 e. The van der Waals surface area contributed by atoms with Gasteiger partial charge in [-0.2, -0.15) is 4.98 Å². The number of fused-ring (bicyclic) bond motifs is 1. The molecule has 21 heavy (non-hydrogen) atoms. The van der Waals surface area contributed by atoms with Gasteiger partial charge in [0.2, 0.25) is 5.88 Å². The van der Waals surface area contributed by atoms with Crippen molar-refractivity contribution in [2.75, 3.05) is 4.90 Å². The highest BCUT2D eigenvalue weighted by Crippen LogP contribution is 2.34. The molecule has 0 fully saturated rings. The maximum atomic E-state index is 12.4. The Kier molecular flexibility index (Phi) is 3.74. The van der Waals surface area contributed by atoms with Crippen molar-refractivity contribution in [3.05, 3.63) is 52.1 Å². The third kappa shape index (κ3) is 2.82. The van der Waals surface area contributed by atoms with Crippen molar-refractivity contribution >= 4 is 34.8 Å². The Balaban J connectivity index is 1.99. The Morgan fingerprint density at radius 3 is 2.86 bits per heavy atom. The summed E-state index contributed by atoms with van der Waals surface area (Å²) in [7, 11) is 0. The fraction of sp³-hybridized carbons (Fsp3) is 0.200. The molecule has 1 aromatic heterocycles. The van der Waals surface area contributed by atoms with E-state index in [-0.39, 0.29) is 5.91 Å². The number of amides is 1. The molecule has 0 saturated carbocycles. The zero-order valence-corrected chi connectivity index (χ0v) is 12.7. The molecule has 0 bridgehead atoms. The number of hydrogen-bond donors (Lipinski definition) is 0. The maximum absolute atomic E-state index is 12.4. The van der Waals surface area contributed by atoms with Gasteiger partial charge < -0.3 is 4.74 Å². The molecular formula is C15H12Cl2N2O2. The van der Waals surface area contributed by atoms with Crippen LogP contribution in [0.25, 0.3) is 0 Å². The maximum Gasteiger partial charge on any atom is 0.268 e. The lowest BCUT2D eigenvalue weighted by molar-refractivity contribution is -0.125. The number of ether oxygens (including phenoxy) is 1. The topological polar surface area (TPSA) is 42.4 Å². The summed E-state index contributed by atoms with van der Waals surface area (Å²) in [5, 5.41) is 0.966. The Labute approximate surface area is 132 Å². The summed E-state index contributed by atoms with van der Waals surface area (Å²) in [5.41, 5.74) is 1.55. The van der Waals surface area contributed by atoms with E-state index in [1.807, 2.05) is 18.2 Å². The number of carbonyl (C=O) groups excluding carboxylic acids is 1. The molecule has 1 unspecified atom stereocenters. The lowest BCUT2D eigenvalue weighted by Gasteiger charge is -2.32. The number of hydrogen-bond acceptors (Lipinski definition) is 3. The lowest BCUT2D eigenvalue weighted by atomic mass is 10.1. The fourth-order valence-corrected chi connectivity index (χ4v) is 2.59. The summed E-state index contributed by atoms with van der Waals surface area (Å²) in [6.45, 7) is 2.10. The number of pyridine rings is 1. The van der Waals surface area contributed by atoms with E-state index in [1.165, 1.54) is 0 Å². The van der Waals surface area contributed by atoms with Crippen LogP contribution in [0.5, 0.6) is 5.88 Å². The van der Waals surface area contributed by atoms with E-state index in [9.17, 15) is 4.79 Å². The number of benzene rings is 1. The van der Waals surface area contributed by atoms with Gasteiger partial charge in [0.1, 0.15) is 10.8 Å². The molecule has 1 aromatic carbocycles. The second-order valence-corrected chi connectivity index (χ2v) is 5.60. The SMILES string of the molecule is CC1Oc2nc(Cl)ccc2N(Cc2cccc(Cl)c2)C1=O.